The van der Waals surface area contributed by atoms with Crippen LogP contribution in [0.1, 0.15) is 25.0 Å². The van der Waals surface area contributed by atoms with Crippen molar-refractivity contribution >= 4 is 0 Å². The average molecular weight is 155 g/mol. The van der Waals surface area contributed by atoms with Gasteiger partial charge in [-0.1, -0.05) is 6.92 Å². The Morgan fingerprint density at radius 3 is 3.00 bits per heavy atom. The van der Waals surface area contributed by atoms with Crippen molar-refractivity contribution in [1.82, 2.24) is 4.98 Å². The summed E-state index contributed by atoms with van der Waals surface area (Å²) in [6, 6.07) is 0. The Morgan fingerprint density at radius 1 is 1.55 bits per heavy atom. The molecule has 3 nitrogen and oxygen atoms in total. The van der Waals surface area contributed by atoms with Gasteiger partial charge in [0.25, 0.3) is 0 Å². The molecule has 0 saturated heterocycles. The highest BCUT2D eigenvalue weighted by Crippen LogP contribution is 2.05. The van der Waals surface area contributed by atoms with E-state index in [2.05, 4.69) is 11.9 Å². The first-order valence-corrected chi connectivity index (χ1v) is 3.91. The topological polar surface area (TPSA) is 46.3 Å². The summed E-state index contributed by atoms with van der Waals surface area (Å²) >= 11 is 0. The summed E-state index contributed by atoms with van der Waals surface area (Å²) in [4.78, 5) is 4.05. The zero-order valence-corrected chi connectivity index (χ0v) is 6.71. The van der Waals surface area contributed by atoms with Crippen LogP contribution in [0.3, 0.4) is 0 Å². The van der Waals surface area contributed by atoms with Gasteiger partial charge in [0.05, 0.1) is 12.8 Å². The summed E-state index contributed by atoms with van der Waals surface area (Å²) < 4.78 is 5.29. The second-order valence-electron chi connectivity index (χ2n) is 2.44. The van der Waals surface area contributed by atoms with Gasteiger partial charge in [-0.2, -0.15) is 0 Å². The first-order chi connectivity index (χ1) is 5.36. The Balaban J connectivity index is 2.51. The molecule has 0 spiro atoms. The van der Waals surface area contributed by atoms with E-state index in [1.165, 1.54) is 0 Å². The smallest absolute Gasteiger partial charge is 0.194 e. The lowest BCUT2D eigenvalue weighted by atomic mass is 10.3. The van der Waals surface area contributed by atoms with Crippen molar-refractivity contribution in [3.05, 3.63) is 17.8 Å². The van der Waals surface area contributed by atoms with Gasteiger partial charge >= 0.3 is 0 Å². The monoisotopic (exact) mass is 155 g/mol. The predicted octanol–water partition coefficient (Wildman–Crippen LogP) is 1.16. The van der Waals surface area contributed by atoms with E-state index in [0.717, 1.165) is 24.5 Å². The van der Waals surface area contributed by atoms with Crippen LogP contribution in [0.5, 0.6) is 0 Å². The standard InChI is InChI=1S/C8H13NO2/c1-2-3-8-9-6-7(11-8)4-5-10/h6,10H,2-5H2,1H3. The fourth-order valence-electron chi connectivity index (χ4n) is 0.903. The number of hydrogen-bond acceptors (Lipinski definition) is 3. The Bertz CT molecular complexity index is 187. The molecule has 11 heavy (non-hydrogen) atoms. The number of aliphatic hydroxyl groups is 1. The molecule has 3 heteroatoms. The Kier molecular flexibility index (Phi) is 3.11. The number of aliphatic hydroxyl groups excluding tert-OH is 1. The summed E-state index contributed by atoms with van der Waals surface area (Å²) in [7, 11) is 0. The van der Waals surface area contributed by atoms with Crippen LogP contribution in [-0.2, 0) is 12.8 Å². The van der Waals surface area contributed by atoms with E-state index in [1.807, 2.05) is 0 Å². The molecule has 0 aromatic carbocycles. The summed E-state index contributed by atoms with van der Waals surface area (Å²) in [6.07, 6.45) is 4.17. The van der Waals surface area contributed by atoms with Crippen molar-refractivity contribution in [2.24, 2.45) is 0 Å². The van der Waals surface area contributed by atoms with Gasteiger partial charge in [0.1, 0.15) is 5.76 Å². The van der Waals surface area contributed by atoms with Crippen LogP contribution < -0.4 is 0 Å². The van der Waals surface area contributed by atoms with E-state index in [0.29, 0.717) is 6.42 Å². The molecule has 0 atom stereocenters. The molecule has 1 N–H and O–H groups in total. The molecule has 0 aliphatic carbocycles. The third kappa shape index (κ3) is 2.35. The second-order valence-corrected chi connectivity index (χ2v) is 2.44. The zero-order chi connectivity index (χ0) is 8.10. The molecule has 0 saturated carbocycles. The summed E-state index contributed by atoms with van der Waals surface area (Å²) in [5.41, 5.74) is 0. The Labute approximate surface area is 66.1 Å². The van der Waals surface area contributed by atoms with Crippen molar-refractivity contribution < 1.29 is 9.52 Å². The maximum absolute atomic E-state index is 8.57. The number of oxazole rings is 1. The summed E-state index contributed by atoms with van der Waals surface area (Å²) in [5.74, 6) is 1.55. The van der Waals surface area contributed by atoms with Gasteiger partial charge in [-0.25, -0.2) is 4.98 Å². The lowest BCUT2D eigenvalue weighted by Crippen LogP contribution is -1.86. The minimum Gasteiger partial charge on any atom is -0.446 e. The van der Waals surface area contributed by atoms with E-state index in [1.54, 1.807) is 6.20 Å². The van der Waals surface area contributed by atoms with Crippen LogP contribution in [0, 0.1) is 0 Å². The van der Waals surface area contributed by atoms with Gasteiger partial charge in [0, 0.05) is 12.8 Å². The summed E-state index contributed by atoms with van der Waals surface area (Å²) in [6.45, 7) is 2.21. The molecule has 62 valence electrons. The highest BCUT2D eigenvalue weighted by atomic mass is 16.4. The molecule has 1 aromatic heterocycles. The summed E-state index contributed by atoms with van der Waals surface area (Å²) in [5, 5.41) is 8.57. The highest BCUT2D eigenvalue weighted by Gasteiger charge is 2.00. The van der Waals surface area contributed by atoms with Crippen LogP contribution in [0.15, 0.2) is 10.6 Å². The lowest BCUT2D eigenvalue weighted by Gasteiger charge is -1.89. The lowest BCUT2D eigenvalue weighted by molar-refractivity contribution is 0.286. The van der Waals surface area contributed by atoms with Gasteiger partial charge < -0.3 is 9.52 Å². The van der Waals surface area contributed by atoms with Gasteiger partial charge in [0.15, 0.2) is 5.89 Å². The SMILES string of the molecule is CCCc1ncc(CCO)o1. The van der Waals surface area contributed by atoms with Gasteiger partial charge in [-0.15, -0.1) is 0 Å². The number of aromatic nitrogens is 1. The predicted molar refractivity (Wildman–Crippen MR) is 41.3 cm³/mol. The number of nitrogens with zero attached hydrogens (tertiary/aromatic N) is 1. The fraction of sp³-hybridized carbons (Fsp3) is 0.625. The number of aryl methyl sites for hydroxylation is 1. The van der Waals surface area contributed by atoms with Crippen LogP contribution >= 0.6 is 0 Å². The minimum atomic E-state index is 0.126. The molecular formula is C8H13NO2. The van der Waals surface area contributed by atoms with Crippen molar-refractivity contribution in [1.29, 1.82) is 0 Å². The molecular weight excluding hydrogens is 142 g/mol. The molecule has 0 bridgehead atoms. The molecule has 1 aromatic rings. The molecule has 1 rings (SSSR count). The third-order valence-electron chi connectivity index (χ3n) is 1.42. The molecule has 0 unspecified atom stereocenters. The largest absolute Gasteiger partial charge is 0.446 e. The molecule has 0 amide bonds. The van der Waals surface area contributed by atoms with Crippen molar-refractivity contribution in [2.75, 3.05) is 6.61 Å². The highest BCUT2D eigenvalue weighted by molar-refractivity contribution is 4.94. The van der Waals surface area contributed by atoms with Crippen LogP contribution in [-0.4, -0.2) is 16.7 Å². The van der Waals surface area contributed by atoms with E-state index in [-0.39, 0.29) is 6.61 Å². The third-order valence-corrected chi connectivity index (χ3v) is 1.42. The van der Waals surface area contributed by atoms with Crippen LogP contribution in [0.2, 0.25) is 0 Å². The fourth-order valence-corrected chi connectivity index (χ4v) is 0.903. The second kappa shape index (κ2) is 4.13. The normalized spacial score (nSPS) is 10.4. The minimum absolute atomic E-state index is 0.126. The van der Waals surface area contributed by atoms with Gasteiger partial charge in [-0.3, -0.25) is 0 Å². The first kappa shape index (κ1) is 8.27. The van der Waals surface area contributed by atoms with E-state index >= 15 is 0 Å². The van der Waals surface area contributed by atoms with E-state index in [4.69, 9.17) is 9.52 Å². The Hall–Kier alpha value is -0.830. The molecule has 0 aliphatic heterocycles. The van der Waals surface area contributed by atoms with E-state index < -0.39 is 0 Å². The molecule has 1 heterocycles. The van der Waals surface area contributed by atoms with Gasteiger partial charge in [-0.05, 0) is 6.42 Å². The Morgan fingerprint density at radius 2 is 2.36 bits per heavy atom. The van der Waals surface area contributed by atoms with Crippen LogP contribution in [0.25, 0.3) is 0 Å². The van der Waals surface area contributed by atoms with Crippen molar-refractivity contribution in [2.45, 2.75) is 26.2 Å². The molecule has 0 aliphatic rings. The molecule has 0 radical (unpaired) electrons. The maximum Gasteiger partial charge on any atom is 0.194 e. The molecule has 0 fully saturated rings. The van der Waals surface area contributed by atoms with Crippen molar-refractivity contribution in [3.8, 4) is 0 Å². The maximum atomic E-state index is 8.57. The van der Waals surface area contributed by atoms with Gasteiger partial charge in [0.2, 0.25) is 0 Å². The average Bonchev–Trinajstić information content (AvgIpc) is 2.38. The van der Waals surface area contributed by atoms with Crippen LogP contribution in [0.4, 0.5) is 0 Å². The number of rotatable bonds is 4. The zero-order valence-electron chi connectivity index (χ0n) is 6.71. The van der Waals surface area contributed by atoms with E-state index in [9.17, 15) is 0 Å². The quantitative estimate of drug-likeness (QED) is 0.709. The number of hydrogen-bond donors (Lipinski definition) is 1. The van der Waals surface area contributed by atoms with Crippen molar-refractivity contribution in [3.63, 3.8) is 0 Å². The first-order valence-electron chi connectivity index (χ1n) is 3.91.